The van der Waals surface area contributed by atoms with Crippen LogP contribution in [0.1, 0.15) is 12.5 Å². The zero-order valence-corrected chi connectivity index (χ0v) is 7.62. The quantitative estimate of drug-likeness (QED) is 0.677. The molecule has 0 fully saturated rings. The Morgan fingerprint density at radius 3 is 3.00 bits per heavy atom. The lowest BCUT2D eigenvalue weighted by molar-refractivity contribution is 0.926. The fourth-order valence-corrected chi connectivity index (χ4v) is 1.39. The number of nitrogens with two attached hydrogens (primary N) is 1. The van der Waals surface area contributed by atoms with Gasteiger partial charge >= 0.3 is 0 Å². The van der Waals surface area contributed by atoms with Gasteiger partial charge in [-0.3, -0.25) is 4.99 Å². The normalized spacial score (nSPS) is 16.9. The van der Waals surface area contributed by atoms with E-state index in [1.54, 1.807) is 0 Å². The van der Waals surface area contributed by atoms with Crippen molar-refractivity contribution < 1.29 is 0 Å². The largest absolute Gasteiger partial charge is 0.342 e. The molecule has 0 saturated heterocycles. The van der Waals surface area contributed by atoms with E-state index in [4.69, 9.17) is 5.73 Å². The first-order valence-corrected chi connectivity index (χ1v) is 4.42. The second-order valence-electron chi connectivity index (χ2n) is 3.27. The number of aliphatic imine (C=N–C) groups is 1. The summed E-state index contributed by atoms with van der Waals surface area (Å²) in [6.07, 6.45) is 0. The number of benzene rings is 1. The highest BCUT2D eigenvalue weighted by molar-refractivity contribution is 6.00. The van der Waals surface area contributed by atoms with E-state index in [1.165, 1.54) is 5.56 Å². The Labute approximate surface area is 77.7 Å². The number of hydrogen-bond donors (Lipinski definition) is 2. The summed E-state index contributed by atoms with van der Waals surface area (Å²) in [6, 6.07) is 8.13. The van der Waals surface area contributed by atoms with Crippen molar-refractivity contribution in [3.05, 3.63) is 29.8 Å². The first kappa shape index (κ1) is 8.26. The number of para-hydroxylation sites is 1. The average molecular weight is 175 g/mol. The fourth-order valence-electron chi connectivity index (χ4n) is 1.39. The van der Waals surface area contributed by atoms with E-state index in [1.807, 2.05) is 25.1 Å². The van der Waals surface area contributed by atoms with Gasteiger partial charge in [0.25, 0.3) is 0 Å². The minimum absolute atomic E-state index is 0.0200. The Bertz CT molecular complexity index is 342. The average Bonchev–Trinajstić information content (AvgIpc) is 2.17. The Hall–Kier alpha value is -1.35. The van der Waals surface area contributed by atoms with Crippen molar-refractivity contribution in [1.82, 2.24) is 0 Å². The number of anilines is 1. The Morgan fingerprint density at radius 1 is 1.46 bits per heavy atom. The lowest BCUT2D eigenvalue weighted by atomic mass is 10.1. The van der Waals surface area contributed by atoms with Crippen molar-refractivity contribution in [2.75, 3.05) is 5.32 Å². The summed E-state index contributed by atoms with van der Waals surface area (Å²) in [7, 11) is 0. The molecular formula is C10H13N3. The van der Waals surface area contributed by atoms with Gasteiger partial charge < -0.3 is 11.1 Å². The second-order valence-corrected chi connectivity index (χ2v) is 3.27. The Morgan fingerprint density at radius 2 is 2.23 bits per heavy atom. The molecule has 0 saturated carbocycles. The van der Waals surface area contributed by atoms with Gasteiger partial charge in [-0.2, -0.15) is 0 Å². The standard InChI is InChI=1S/C10H13N3/c1-7(11)10-12-6-8-4-2-3-5-9(8)13-10/h2-5,7H,6,11H2,1H3,(H,12,13)/t7-/m0/s1. The van der Waals surface area contributed by atoms with E-state index in [-0.39, 0.29) is 6.04 Å². The molecule has 1 aliphatic heterocycles. The maximum Gasteiger partial charge on any atom is 0.118 e. The molecule has 3 heteroatoms. The summed E-state index contributed by atoms with van der Waals surface area (Å²) in [6.45, 7) is 2.67. The summed E-state index contributed by atoms with van der Waals surface area (Å²) in [5.41, 5.74) is 8.09. The summed E-state index contributed by atoms with van der Waals surface area (Å²) >= 11 is 0. The van der Waals surface area contributed by atoms with Crippen LogP contribution in [0.2, 0.25) is 0 Å². The minimum Gasteiger partial charge on any atom is -0.342 e. The van der Waals surface area contributed by atoms with E-state index < -0.39 is 0 Å². The number of hydrogen-bond acceptors (Lipinski definition) is 3. The van der Waals surface area contributed by atoms with Gasteiger partial charge in [0.1, 0.15) is 5.84 Å². The van der Waals surface area contributed by atoms with Crippen molar-refractivity contribution >= 4 is 11.5 Å². The van der Waals surface area contributed by atoms with Gasteiger partial charge in [0.15, 0.2) is 0 Å². The number of amidine groups is 1. The molecule has 0 unspecified atom stereocenters. The molecule has 1 aliphatic rings. The molecule has 0 bridgehead atoms. The van der Waals surface area contributed by atoms with E-state index >= 15 is 0 Å². The lowest BCUT2D eigenvalue weighted by Crippen LogP contribution is -2.34. The van der Waals surface area contributed by atoms with Crippen molar-refractivity contribution in [2.24, 2.45) is 10.7 Å². The van der Waals surface area contributed by atoms with Crippen LogP contribution in [0.4, 0.5) is 5.69 Å². The minimum atomic E-state index is -0.0200. The van der Waals surface area contributed by atoms with Gasteiger partial charge in [0.05, 0.1) is 12.6 Å². The first-order chi connectivity index (χ1) is 6.27. The third kappa shape index (κ3) is 1.55. The number of rotatable bonds is 1. The van der Waals surface area contributed by atoms with Crippen LogP contribution in [0.15, 0.2) is 29.3 Å². The SMILES string of the molecule is C[C@H](N)C1=NCc2ccccc2N1. The smallest absolute Gasteiger partial charge is 0.118 e. The number of fused-ring (bicyclic) bond motifs is 1. The first-order valence-electron chi connectivity index (χ1n) is 4.42. The molecule has 68 valence electrons. The molecule has 3 nitrogen and oxygen atoms in total. The van der Waals surface area contributed by atoms with Crippen LogP contribution in [0, 0.1) is 0 Å². The highest BCUT2D eigenvalue weighted by atomic mass is 15.1. The zero-order valence-electron chi connectivity index (χ0n) is 7.62. The third-order valence-electron chi connectivity index (χ3n) is 2.13. The topological polar surface area (TPSA) is 50.4 Å². The van der Waals surface area contributed by atoms with E-state index in [0.717, 1.165) is 18.1 Å². The Kier molecular flexibility index (Phi) is 2.02. The van der Waals surface area contributed by atoms with Crippen LogP contribution in [-0.4, -0.2) is 11.9 Å². The molecule has 0 radical (unpaired) electrons. The highest BCUT2D eigenvalue weighted by Gasteiger charge is 2.12. The van der Waals surface area contributed by atoms with E-state index in [9.17, 15) is 0 Å². The van der Waals surface area contributed by atoms with Gasteiger partial charge in [-0.25, -0.2) is 0 Å². The van der Waals surface area contributed by atoms with Gasteiger partial charge in [0, 0.05) is 5.69 Å². The summed E-state index contributed by atoms with van der Waals surface area (Å²) in [5.74, 6) is 0.874. The van der Waals surface area contributed by atoms with Crippen molar-refractivity contribution in [1.29, 1.82) is 0 Å². The van der Waals surface area contributed by atoms with Crippen LogP contribution in [0.5, 0.6) is 0 Å². The van der Waals surface area contributed by atoms with Crippen LogP contribution in [0.3, 0.4) is 0 Å². The van der Waals surface area contributed by atoms with E-state index in [2.05, 4.69) is 16.4 Å². The molecule has 1 aromatic rings. The molecular weight excluding hydrogens is 162 g/mol. The van der Waals surface area contributed by atoms with E-state index in [0.29, 0.717) is 0 Å². The summed E-state index contributed by atoms with van der Waals surface area (Å²) in [5, 5.41) is 3.22. The zero-order chi connectivity index (χ0) is 9.26. The van der Waals surface area contributed by atoms with Crippen LogP contribution in [0.25, 0.3) is 0 Å². The number of nitrogens with one attached hydrogen (secondary N) is 1. The third-order valence-corrected chi connectivity index (χ3v) is 2.13. The van der Waals surface area contributed by atoms with Crippen LogP contribution < -0.4 is 11.1 Å². The lowest BCUT2D eigenvalue weighted by Gasteiger charge is -2.20. The predicted molar refractivity (Wildman–Crippen MR) is 54.9 cm³/mol. The molecule has 1 atom stereocenters. The molecule has 0 aliphatic carbocycles. The summed E-state index contributed by atoms with van der Waals surface area (Å²) in [4.78, 5) is 4.35. The predicted octanol–water partition coefficient (Wildman–Crippen LogP) is 1.36. The molecule has 1 heterocycles. The molecule has 1 aromatic carbocycles. The maximum atomic E-state index is 5.73. The number of nitrogens with zero attached hydrogens (tertiary/aromatic N) is 1. The molecule has 2 rings (SSSR count). The van der Waals surface area contributed by atoms with Gasteiger partial charge in [-0.15, -0.1) is 0 Å². The molecule has 13 heavy (non-hydrogen) atoms. The van der Waals surface area contributed by atoms with Gasteiger partial charge in [-0.05, 0) is 18.6 Å². The van der Waals surface area contributed by atoms with Crippen LogP contribution in [-0.2, 0) is 6.54 Å². The molecule has 0 aromatic heterocycles. The van der Waals surface area contributed by atoms with Crippen molar-refractivity contribution in [3.8, 4) is 0 Å². The monoisotopic (exact) mass is 175 g/mol. The molecule has 0 spiro atoms. The van der Waals surface area contributed by atoms with Gasteiger partial charge in [-0.1, -0.05) is 18.2 Å². The molecule has 0 amide bonds. The van der Waals surface area contributed by atoms with Crippen molar-refractivity contribution in [3.63, 3.8) is 0 Å². The van der Waals surface area contributed by atoms with Crippen LogP contribution >= 0.6 is 0 Å². The summed E-state index contributed by atoms with van der Waals surface area (Å²) < 4.78 is 0. The Balaban J connectivity index is 2.28. The second kappa shape index (κ2) is 3.18. The highest BCUT2D eigenvalue weighted by Crippen LogP contribution is 2.19. The van der Waals surface area contributed by atoms with Gasteiger partial charge in [0.2, 0.25) is 0 Å². The molecule has 3 N–H and O–H groups in total. The van der Waals surface area contributed by atoms with Crippen molar-refractivity contribution in [2.45, 2.75) is 19.5 Å². The fraction of sp³-hybridized carbons (Fsp3) is 0.300. The maximum absolute atomic E-state index is 5.73.